The van der Waals surface area contributed by atoms with Crippen LogP contribution in [0.4, 0.5) is 0 Å². The van der Waals surface area contributed by atoms with Crippen molar-refractivity contribution in [2.75, 3.05) is 12.9 Å². The van der Waals surface area contributed by atoms with Crippen LogP contribution < -0.4 is 15.6 Å². The van der Waals surface area contributed by atoms with Crippen molar-refractivity contribution in [2.24, 2.45) is 0 Å². The zero-order chi connectivity index (χ0) is 21.5. The van der Waals surface area contributed by atoms with Crippen LogP contribution in [-0.4, -0.2) is 29.2 Å². The number of hydrogen-bond acceptors (Lipinski definition) is 4. The highest BCUT2D eigenvalue weighted by atomic mass is 32.2. The van der Waals surface area contributed by atoms with Crippen LogP contribution in [0.5, 0.6) is 5.75 Å². The summed E-state index contributed by atoms with van der Waals surface area (Å²) < 4.78 is 7.15. The molecule has 0 saturated carbocycles. The van der Waals surface area contributed by atoms with Gasteiger partial charge >= 0.3 is 0 Å². The van der Waals surface area contributed by atoms with E-state index in [0.717, 1.165) is 27.7 Å². The number of ether oxygens (including phenoxy) is 1. The fraction of sp³-hybridized carbons (Fsp3) is 0.217. The Balaban J connectivity index is 1.51. The number of hydrazine groups is 1. The fourth-order valence-corrected chi connectivity index (χ4v) is 4.01. The summed E-state index contributed by atoms with van der Waals surface area (Å²) >= 11 is 1.57. The average Bonchev–Trinajstić information content (AvgIpc) is 3.07. The van der Waals surface area contributed by atoms with Crippen molar-refractivity contribution in [3.05, 3.63) is 77.6 Å². The van der Waals surface area contributed by atoms with E-state index in [1.807, 2.05) is 79.1 Å². The van der Waals surface area contributed by atoms with Crippen LogP contribution in [0.3, 0.4) is 0 Å². The van der Waals surface area contributed by atoms with E-state index < -0.39 is 0 Å². The lowest BCUT2D eigenvalue weighted by Gasteiger charge is -2.10. The monoisotopic (exact) mass is 423 g/mol. The van der Waals surface area contributed by atoms with Gasteiger partial charge in [0.2, 0.25) is 5.91 Å². The van der Waals surface area contributed by atoms with E-state index in [1.165, 1.54) is 0 Å². The smallest absolute Gasteiger partial charge is 0.271 e. The van der Waals surface area contributed by atoms with Crippen LogP contribution in [0.2, 0.25) is 0 Å². The predicted octanol–water partition coefficient (Wildman–Crippen LogP) is 4.05. The zero-order valence-corrected chi connectivity index (χ0v) is 18.1. The molecule has 7 heteroatoms. The number of rotatable bonds is 7. The van der Waals surface area contributed by atoms with Gasteiger partial charge in [0, 0.05) is 34.1 Å². The van der Waals surface area contributed by atoms with E-state index in [4.69, 9.17) is 4.74 Å². The van der Waals surface area contributed by atoms with Crippen molar-refractivity contribution >= 4 is 23.6 Å². The maximum absolute atomic E-state index is 12.6. The number of hydrogen-bond donors (Lipinski definition) is 2. The first-order chi connectivity index (χ1) is 14.5. The highest BCUT2D eigenvalue weighted by Crippen LogP contribution is 2.22. The summed E-state index contributed by atoms with van der Waals surface area (Å²) in [5.74, 6) is 0.838. The van der Waals surface area contributed by atoms with Crippen LogP contribution in [0, 0.1) is 13.8 Å². The normalized spacial score (nSPS) is 10.5. The summed E-state index contributed by atoms with van der Waals surface area (Å²) in [6.45, 7) is 3.84. The Bertz CT molecular complexity index is 1010. The molecule has 0 aliphatic carbocycles. The third-order valence-corrected chi connectivity index (χ3v) is 5.68. The third-order valence-electron chi connectivity index (χ3n) is 4.66. The molecule has 0 aliphatic rings. The zero-order valence-electron chi connectivity index (χ0n) is 17.3. The molecule has 0 bridgehead atoms. The van der Waals surface area contributed by atoms with Gasteiger partial charge in [-0.1, -0.05) is 18.2 Å². The van der Waals surface area contributed by atoms with Crippen molar-refractivity contribution in [1.82, 2.24) is 15.4 Å². The number of nitrogens with one attached hydrogen (secondary N) is 2. The summed E-state index contributed by atoms with van der Waals surface area (Å²) in [5.41, 5.74) is 8.31. The van der Waals surface area contributed by atoms with E-state index in [-0.39, 0.29) is 11.8 Å². The molecule has 1 aromatic heterocycles. The van der Waals surface area contributed by atoms with Gasteiger partial charge in [0.25, 0.3) is 5.91 Å². The molecule has 0 aliphatic heterocycles. The second-order valence-electron chi connectivity index (χ2n) is 6.73. The van der Waals surface area contributed by atoms with E-state index in [0.29, 0.717) is 17.7 Å². The lowest BCUT2D eigenvalue weighted by Crippen LogP contribution is -2.41. The Morgan fingerprint density at radius 2 is 1.70 bits per heavy atom. The molecule has 0 fully saturated rings. The van der Waals surface area contributed by atoms with Crippen LogP contribution in [0.15, 0.2) is 65.6 Å². The number of nitrogens with zero attached hydrogens (tertiary/aromatic N) is 1. The third kappa shape index (κ3) is 5.24. The molecule has 3 aromatic rings. The van der Waals surface area contributed by atoms with Gasteiger partial charge < -0.3 is 9.30 Å². The second kappa shape index (κ2) is 10.0. The lowest BCUT2D eigenvalue weighted by atomic mass is 10.2. The average molecular weight is 424 g/mol. The summed E-state index contributed by atoms with van der Waals surface area (Å²) in [5, 5.41) is 0. The Labute approximate surface area is 180 Å². The number of aryl methyl sites for hydroxylation is 1. The first-order valence-corrected chi connectivity index (χ1v) is 10.6. The summed E-state index contributed by atoms with van der Waals surface area (Å²) in [6, 6.07) is 19.3. The minimum absolute atomic E-state index is 0.235. The summed E-state index contributed by atoms with van der Waals surface area (Å²) in [6.07, 6.45) is 0.292. The summed E-state index contributed by atoms with van der Waals surface area (Å²) in [4.78, 5) is 25.7. The molecule has 0 atom stereocenters. The molecule has 2 N–H and O–H groups in total. The molecule has 2 aromatic carbocycles. The number of methoxy groups -OCH3 is 1. The molecule has 0 radical (unpaired) electrons. The number of aromatic nitrogens is 1. The van der Waals surface area contributed by atoms with Crippen molar-refractivity contribution < 1.29 is 14.3 Å². The minimum atomic E-state index is -0.332. The molecular weight excluding hydrogens is 398 g/mol. The first-order valence-electron chi connectivity index (χ1n) is 9.60. The topological polar surface area (TPSA) is 72.4 Å². The Kier molecular flexibility index (Phi) is 7.19. The predicted molar refractivity (Wildman–Crippen MR) is 119 cm³/mol. The number of carbonyl (C=O) groups excluding carboxylic acids is 2. The standard InChI is InChI=1S/C23H25N3O3S/c1-16-15-21(17(2)26(16)18-7-5-4-6-8-18)23(28)25-24-22(27)13-14-30-20-11-9-19(29-3)10-12-20/h4-12,15H,13-14H2,1-3H3,(H,24,27)(H,25,28). The fourth-order valence-electron chi connectivity index (χ4n) is 3.16. The molecular formula is C23H25N3O3S. The van der Waals surface area contributed by atoms with Gasteiger partial charge in [-0.25, -0.2) is 0 Å². The molecule has 2 amide bonds. The van der Waals surface area contributed by atoms with E-state index >= 15 is 0 Å². The van der Waals surface area contributed by atoms with Crippen LogP contribution in [0.25, 0.3) is 5.69 Å². The molecule has 6 nitrogen and oxygen atoms in total. The van der Waals surface area contributed by atoms with Gasteiger partial charge in [-0.2, -0.15) is 0 Å². The van der Waals surface area contributed by atoms with Gasteiger partial charge in [0.1, 0.15) is 5.75 Å². The second-order valence-corrected chi connectivity index (χ2v) is 7.90. The summed E-state index contributed by atoms with van der Waals surface area (Å²) in [7, 11) is 1.63. The largest absolute Gasteiger partial charge is 0.497 e. The van der Waals surface area contributed by atoms with Gasteiger partial charge in [-0.3, -0.25) is 20.4 Å². The molecule has 1 heterocycles. The molecule has 0 spiro atoms. The SMILES string of the molecule is COc1ccc(SCCC(=O)NNC(=O)c2cc(C)n(-c3ccccc3)c2C)cc1. The lowest BCUT2D eigenvalue weighted by molar-refractivity contribution is -0.121. The first kappa shape index (κ1) is 21.5. The minimum Gasteiger partial charge on any atom is -0.497 e. The van der Waals surface area contributed by atoms with Crippen molar-refractivity contribution in [3.8, 4) is 11.4 Å². The van der Waals surface area contributed by atoms with Crippen LogP contribution >= 0.6 is 11.8 Å². The van der Waals surface area contributed by atoms with Gasteiger partial charge in [-0.15, -0.1) is 11.8 Å². The molecule has 30 heavy (non-hydrogen) atoms. The van der Waals surface area contributed by atoms with Crippen molar-refractivity contribution in [3.63, 3.8) is 0 Å². The maximum Gasteiger partial charge on any atom is 0.271 e. The van der Waals surface area contributed by atoms with E-state index in [9.17, 15) is 9.59 Å². The number of thioether (sulfide) groups is 1. The van der Waals surface area contributed by atoms with E-state index in [1.54, 1.807) is 18.9 Å². The van der Waals surface area contributed by atoms with Gasteiger partial charge in [-0.05, 0) is 56.3 Å². The quantitative estimate of drug-likeness (QED) is 0.444. The number of carbonyl (C=O) groups is 2. The van der Waals surface area contributed by atoms with Crippen molar-refractivity contribution in [1.29, 1.82) is 0 Å². The number of para-hydroxylation sites is 1. The molecule has 0 unspecified atom stereocenters. The van der Waals surface area contributed by atoms with Crippen molar-refractivity contribution in [2.45, 2.75) is 25.2 Å². The maximum atomic E-state index is 12.6. The van der Waals surface area contributed by atoms with Crippen LogP contribution in [0.1, 0.15) is 28.2 Å². The highest BCUT2D eigenvalue weighted by Gasteiger charge is 2.17. The number of benzene rings is 2. The van der Waals surface area contributed by atoms with Gasteiger partial charge in [0.05, 0.1) is 12.7 Å². The van der Waals surface area contributed by atoms with E-state index in [2.05, 4.69) is 10.9 Å². The Morgan fingerprint density at radius 3 is 2.37 bits per heavy atom. The molecule has 3 rings (SSSR count). The Morgan fingerprint density at radius 1 is 1.00 bits per heavy atom. The number of amides is 2. The van der Waals surface area contributed by atoms with Crippen LogP contribution in [-0.2, 0) is 4.79 Å². The highest BCUT2D eigenvalue weighted by molar-refractivity contribution is 7.99. The molecule has 156 valence electrons. The Hall–Kier alpha value is -3.19. The molecule has 0 saturated heterocycles. The van der Waals surface area contributed by atoms with Gasteiger partial charge in [0.15, 0.2) is 0 Å².